The molecule has 0 aliphatic heterocycles. The molecule has 2 aromatic carbocycles. The zero-order chi connectivity index (χ0) is 16.9. The average Bonchev–Trinajstić information content (AvgIpc) is 2.61. The molecule has 0 N–H and O–H groups in total. The zero-order valence-corrected chi connectivity index (χ0v) is 13.4. The van der Waals surface area contributed by atoms with Crippen molar-refractivity contribution in [1.29, 1.82) is 0 Å². The Morgan fingerprint density at radius 3 is 2.71 bits per heavy atom. The Hall–Kier alpha value is -2.95. The molecule has 0 aliphatic rings. The number of aryl methyl sites for hydroxylation is 2. The van der Waals surface area contributed by atoms with Crippen LogP contribution < -0.4 is 5.56 Å². The summed E-state index contributed by atoms with van der Waals surface area (Å²) in [5, 5.41) is 0.549. The highest BCUT2D eigenvalue weighted by atomic mass is 16.5. The monoisotopic (exact) mass is 322 g/mol. The molecule has 0 unspecified atom stereocenters. The van der Waals surface area contributed by atoms with Gasteiger partial charge in [-0.1, -0.05) is 36.4 Å². The van der Waals surface area contributed by atoms with Crippen molar-refractivity contribution < 1.29 is 9.53 Å². The third kappa shape index (κ3) is 3.51. The molecular formula is C19H18N2O3. The molecule has 0 amide bonds. The Labute approximate surface area is 139 Å². The van der Waals surface area contributed by atoms with Crippen molar-refractivity contribution >= 4 is 16.9 Å². The molecule has 0 atom stereocenters. The van der Waals surface area contributed by atoms with E-state index in [0.717, 1.165) is 11.1 Å². The number of hydrogen-bond acceptors (Lipinski definition) is 4. The highest BCUT2D eigenvalue weighted by molar-refractivity contribution is 5.77. The van der Waals surface area contributed by atoms with Crippen LogP contribution in [0.1, 0.15) is 17.5 Å². The molecule has 0 aliphatic carbocycles. The molecule has 0 saturated heterocycles. The molecule has 0 fully saturated rings. The first-order valence-corrected chi connectivity index (χ1v) is 7.79. The number of rotatable bonds is 5. The Morgan fingerprint density at radius 1 is 1.12 bits per heavy atom. The van der Waals surface area contributed by atoms with Crippen molar-refractivity contribution in [2.45, 2.75) is 26.5 Å². The Balaban J connectivity index is 1.61. The van der Waals surface area contributed by atoms with Crippen molar-refractivity contribution in [2.24, 2.45) is 0 Å². The van der Waals surface area contributed by atoms with Crippen molar-refractivity contribution in [3.8, 4) is 0 Å². The molecule has 24 heavy (non-hydrogen) atoms. The van der Waals surface area contributed by atoms with Gasteiger partial charge in [-0.25, -0.2) is 4.98 Å². The third-order valence-electron chi connectivity index (χ3n) is 3.94. The van der Waals surface area contributed by atoms with Crippen LogP contribution in [0, 0.1) is 6.92 Å². The standard InChI is InChI=1S/C19H18N2O3/c1-14-6-2-3-7-15(14)12-24-18(22)10-11-21-13-20-17-9-5-4-8-16(17)19(21)23/h2-9,13H,10-12H2,1H3. The molecule has 1 heterocycles. The lowest BCUT2D eigenvalue weighted by Crippen LogP contribution is -2.22. The van der Waals surface area contributed by atoms with Crippen LogP contribution >= 0.6 is 0 Å². The summed E-state index contributed by atoms with van der Waals surface area (Å²) in [7, 11) is 0. The van der Waals surface area contributed by atoms with E-state index < -0.39 is 0 Å². The van der Waals surface area contributed by atoms with Crippen LogP contribution in [-0.4, -0.2) is 15.5 Å². The fourth-order valence-electron chi connectivity index (χ4n) is 2.48. The summed E-state index contributed by atoms with van der Waals surface area (Å²) in [6.45, 7) is 2.48. The fourth-order valence-corrected chi connectivity index (χ4v) is 2.48. The minimum atomic E-state index is -0.335. The zero-order valence-electron chi connectivity index (χ0n) is 13.4. The fraction of sp³-hybridized carbons (Fsp3) is 0.211. The van der Waals surface area contributed by atoms with E-state index in [1.165, 1.54) is 10.9 Å². The number of fused-ring (bicyclic) bond motifs is 1. The molecule has 3 rings (SSSR count). The summed E-state index contributed by atoms with van der Waals surface area (Å²) < 4.78 is 6.73. The molecule has 0 radical (unpaired) electrons. The van der Waals surface area contributed by atoms with Gasteiger partial charge in [0.25, 0.3) is 5.56 Å². The predicted molar refractivity (Wildman–Crippen MR) is 91.6 cm³/mol. The number of nitrogens with zero attached hydrogens (tertiary/aromatic N) is 2. The van der Waals surface area contributed by atoms with E-state index in [9.17, 15) is 9.59 Å². The number of esters is 1. The highest BCUT2D eigenvalue weighted by Crippen LogP contribution is 2.09. The molecule has 5 heteroatoms. The Bertz CT molecular complexity index is 931. The summed E-state index contributed by atoms with van der Waals surface area (Å²) >= 11 is 0. The van der Waals surface area contributed by atoms with E-state index in [4.69, 9.17) is 4.74 Å². The highest BCUT2D eigenvalue weighted by Gasteiger charge is 2.08. The van der Waals surface area contributed by atoms with Gasteiger partial charge in [-0.15, -0.1) is 0 Å². The second kappa shape index (κ2) is 7.08. The van der Waals surface area contributed by atoms with Crippen molar-refractivity contribution in [3.05, 3.63) is 76.3 Å². The first-order chi connectivity index (χ1) is 11.6. The van der Waals surface area contributed by atoms with Gasteiger partial charge in [0, 0.05) is 6.54 Å². The number of benzene rings is 2. The second-order valence-electron chi connectivity index (χ2n) is 5.60. The number of ether oxygens (including phenoxy) is 1. The van der Waals surface area contributed by atoms with E-state index in [0.29, 0.717) is 10.9 Å². The smallest absolute Gasteiger partial charge is 0.307 e. The maximum absolute atomic E-state index is 12.3. The molecule has 0 saturated carbocycles. The minimum Gasteiger partial charge on any atom is -0.461 e. The maximum Gasteiger partial charge on any atom is 0.307 e. The molecule has 3 aromatic rings. The van der Waals surface area contributed by atoms with Gasteiger partial charge >= 0.3 is 5.97 Å². The van der Waals surface area contributed by atoms with Gasteiger partial charge in [0.15, 0.2) is 0 Å². The van der Waals surface area contributed by atoms with Gasteiger partial charge in [0.05, 0.1) is 23.7 Å². The van der Waals surface area contributed by atoms with Gasteiger partial charge in [-0.2, -0.15) is 0 Å². The van der Waals surface area contributed by atoms with Gasteiger partial charge < -0.3 is 4.74 Å². The SMILES string of the molecule is Cc1ccccc1COC(=O)CCn1cnc2ccccc2c1=O. The van der Waals surface area contributed by atoms with Crippen molar-refractivity contribution in [1.82, 2.24) is 9.55 Å². The Kier molecular flexibility index (Phi) is 4.70. The van der Waals surface area contributed by atoms with Crippen LogP contribution in [0.15, 0.2) is 59.7 Å². The second-order valence-corrected chi connectivity index (χ2v) is 5.60. The number of aromatic nitrogens is 2. The van der Waals surface area contributed by atoms with E-state index in [2.05, 4.69) is 4.98 Å². The quantitative estimate of drug-likeness (QED) is 0.678. The van der Waals surface area contributed by atoms with Gasteiger partial charge in [0.1, 0.15) is 6.61 Å². The number of hydrogen-bond donors (Lipinski definition) is 0. The van der Waals surface area contributed by atoms with Crippen LogP contribution in [0.25, 0.3) is 10.9 Å². The normalized spacial score (nSPS) is 10.7. The van der Waals surface area contributed by atoms with E-state index in [-0.39, 0.29) is 31.1 Å². The molecular weight excluding hydrogens is 304 g/mol. The summed E-state index contributed by atoms with van der Waals surface area (Å²) in [5.74, 6) is -0.335. The lowest BCUT2D eigenvalue weighted by Gasteiger charge is -2.08. The first-order valence-electron chi connectivity index (χ1n) is 7.79. The Morgan fingerprint density at radius 2 is 1.88 bits per heavy atom. The van der Waals surface area contributed by atoms with E-state index in [1.54, 1.807) is 18.2 Å². The predicted octanol–water partition coefficient (Wildman–Crippen LogP) is 2.84. The summed E-state index contributed by atoms with van der Waals surface area (Å²) in [4.78, 5) is 28.5. The molecule has 0 spiro atoms. The lowest BCUT2D eigenvalue weighted by atomic mass is 10.1. The average molecular weight is 322 g/mol. The molecule has 0 bridgehead atoms. The molecule has 1 aromatic heterocycles. The first kappa shape index (κ1) is 15.9. The topological polar surface area (TPSA) is 61.2 Å². The van der Waals surface area contributed by atoms with Crippen LogP contribution in [0.4, 0.5) is 0 Å². The summed E-state index contributed by atoms with van der Waals surface area (Å²) in [6.07, 6.45) is 1.60. The summed E-state index contributed by atoms with van der Waals surface area (Å²) in [5.41, 5.74) is 2.57. The van der Waals surface area contributed by atoms with E-state index >= 15 is 0 Å². The van der Waals surface area contributed by atoms with Crippen LogP contribution in [-0.2, 0) is 22.7 Å². The van der Waals surface area contributed by atoms with Crippen LogP contribution in [0.2, 0.25) is 0 Å². The van der Waals surface area contributed by atoms with Crippen LogP contribution in [0.5, 0.6) is 0 Å². The maximum atomic E-state index is 12.3. The lowest BCUT2D eigenvalue weighted by molar-refractivity contribution is -0.145. The third-order valence-corrected chi connectivity index (χ3v) is 3.94. The molecule has 122 valence electrons. The van der Waals surface area contributed by atoms with Gasteiger partial charge in [0.2, 0.25) is 0 Å². The van der Waals surface area contributed by atoms with Crippen LogP contribution in [0.3, 0.4) is 0 Å². The van der Waals surface area contributed by atoms with Gasteiger partial charge in [-0.05, 0) is 30.2 Å². The van der Waals surface area contributed by atoms with Gasteiger partial charge in [-0.3, -0.25) is 14.2 Å². The van der Waals surface area contributed by atoms with Crippen molar-refractivity contribution in [2.75, 3.05) is 0 Å². The van der Waals surface area contributed by atoms with Crippen molar-refractivity contribution in [3.63, 3.8) is 0 Å². The number of carbonyl (C=O) groups is 1. The summed E-state index contributed by atoms with van der Waals surface area (Å²) in [6, 6.07) is 14.9. The number of carbonyl (C=O) groups excluding carboxylic acids is 1. The molecule has 5 nitrogen and oxygen atoms in total. The minimum absolute atomic E-state index is 0.131. The number of para-hydroxylation sites is 1. The van der Waals surface area contributed by atoms with E-state index in [1.807, 2.05) is 37.3 Å². The largest absolute Gasteiger partial charge is 0.461 e.